The van der Waals surface area contributed by atoms with Crippen molar-refractivity contribution in [2.24, 2.45) is 5.92 Å². The van der Waals surface area contributed by atoms with E-state index in [9.17, 15) is 15.0 Å². The molecule has 0 amide bonds. The topological polar surface area (TPSA) is 71.7 Å². The first kappa shape index (κ1) is 23.0. The molecular weight excluding hydrogens is 438 g/mol. The summed E-state index contributed by atoms with van der Waals surface area (Å²) in [7, 11) is 0. The predicted octanol–water partition coefficient (Wildman–Crippen LogP) is 6.85. The number of carboxylic acid groups (broad SMARTS) is 1. The lowest BCUT2D eigenvalue weighted by atomic mass is 9.86. The molecule has 0 radical (unpaired) electrons. The zero-order valence-electron chi connectivity index (χ0n) is 20.4. The average Bonchev–Trinajstić information content (AvgIpc) is 3.59. The van der Waals surface area contributed by atoms with Crippen LogP contribution in [0.5, 0.6) is 11.5 Å². The average molecular weight is 470 g/mol. The number of hydrogen-bond acceptors (Lipinski definition) is 3. The van der Waals surface area contributed by atoms with Crippen LogP contribution in [-0.4, -0.2) is 27.4 Å². The van der Waals surface area contributed by atoms with Crippen LogP contribution in [0.3, 0.4) is 0 Å². The summed E-state index contributed by atoms with van der Waals surface area (Å²) in [5, 5.41) is 21.2. The number of aromatic carboxylic acids is 1. The summed E-state index contributed by atoms with van der Waals surface area (Å²) in [5.74, 6) is 0.529. The summed E-state index contributed by atoms with van der Waals surface area (Å²) < 4.78 is 7.85. The van der Waals surface area contributed by atoms with Crippen LogP contribution in [0.2, 0.25) is 0 Å². The van der Waals surface area contributed by atoms with E-state index < -0.39 is 5.97 Å². The van der Waals surface area contributed by atoms with E-state index in [1.807, 2.05) is 41.0 Å². The SMILES string of the molecule is CC(C)(C)c1ccc(-c2c(C(=O)O)n(Cc3cccc(O)c3)c3cc(OCC4CC4)ccc23)cc1. The summed E-state index contributed by atoms with van der Waals surface area (Å²) in [6.07, 6.45) is 2.40. The molecule has 1 heterocycles. The van der Waals surface area contributed by atoms with E-state index in [1.54, 1.807) is 18.2 Å². The zero-order chi connectivity index (χ0) is 24.7. The van der Waals surface area contributed by atoms with Gasteiger partial charge in [0, 0.05) is 23.6 Å². The van der Waals surface area contributed by atoms with Gasteiger partial charge < -0.3 is 19.5 Å². The van der Waals surface area contributed by atoms with Crippen molar-refractivity contribution in [3.63, 3.8) is 0 Å². The molecule has 0 spiro atoms. The fourth-order valence-electron chi connectivity index (χ4n) is 4.57. The van der Waals surface area contributed by atoms with E-state index in [0.717, 1.165) is 27.8 Å². The molecule has 4 aromatic rings. The quantitative estimate of drug-likeness (QED) is 0.311. The van der Waals surface area contributed by atoms with E-state index >= 15 is 0 Å². The maximum Gasteiger partial charge on any atom is 0.353 e. The van der Waals surface area contributed by atoms with Crippen LogP contribution >= 0.6 is 0 Å². The highest BCUT2D eigenvalue weighted by molar-refractivity contribution is 6.08. The molecule has 5 heteroatoms. The van der Waals surface area contributed by atoms with E-state index in [1.165, 1.54) is 18.4 Å². The normalized spacial score (nSPS) is 13.8. The molecule has 0 atom stereocenters. The van der Waals surface area contributed by atoms with E-state index in [2.05, 4.69) is 32.9 Å². The summed E-state index contributed by atoms with van der Waals surface area (Å²) in [6, 6.07) is 21.0. The third-order valence-corrected chi connectivity index (χ3v) is 6.71. The fourth-order valence-corrected chi connectivity index (χ4v) is 4.57. The molecule has 5 nitrogen and oxygen atoms in total. The number of aromatic nitrogens is 1. The molecule has 0 unspecified atom stereocenters. The summed E-state index contributed by atoms with van der Waals surface area (Å²) in [5.41, 5.74) is 4.61. The fraction of sp³-hybridized carbons (Fsp3) is 0.300. The van der Waals surface area contributed by atoms with Crippen LogP contribution in [0.15, 0.2) is 66.7 Å². The number of fused-ring (bicyclic) bond motifs is 1. The van der Waals surface area contributed by atoms with Gasteiger partial charge in [-0.3, -0.25) is 0 Å². The Labute approximate surface area is 205 Å². The molecule has 35 heavy (non-hydrogen) atoms. The van der Waals surface area contributed by atoms with Crippen molar-refractivity contribution in [1.82, 2.24) is 4.57 Å². The van der Waals surface area contributed by atoms with Crippen molar-refractivity contribution in [1.29, 1.82) is 0 Å². The van der Waals surface area contributed by atoms with Gasteiger partial charge in [-0.05, 0) is 65.1 Å². The molecule has 3 aromatic carbocycles. The molecule has 0 saturated heterocycles. The molecule has 1 saturated carbocycles. The minimum Gasteiger partial charge on any atom is -0.508 e. The standard InChI is InChI=1S/C30H31NO4/c1-30(2,3)22-11-9-21(10-12-22)27-25-14-13-24(35-18-19-7-8-19)16-26(25)31(28(27)29(33)34)17-20-5-4-6-23(32)15-20/h4-6,9-16,19,32H,7-8,17-18H2,1-3H3,(H,33,34). The third-order valence-electron chi connectivity index (χ3n) is 6.71. The number of ether oxygens (including phenoxy) is 1. The van der Waals surface area contributed by atoms with Crippen molar-refractivity contribution in [3.05, 3.63) is 83.6 Å². The van der Waals surface area contributed by atoms with E-state index in [4.69, 9.17) is 4.74 Å². The third kappa shape index (κ3) is 4.76. The van der Waals surface area contributed by atoms with Crippen molar-refractivity contribution in [3.8, 4) is 22.6 Å². The lowest BCUT2D eigenvalue weighted by Crippen LogP contribution is -2.11. The molecule has 1 aromatic heterocycles. The van der Waals surface area contributed by atoms with Crippen molar-refractivity contribution in [2.45, 2.75) is 45.6 Å². The van der Waals surface area contributed by atoms with Crippen LogP contribution in [0.1, 0.15) is 55.2 Å². The number of carbonyl (C=O) groups is 1. The van der Waals surface area contributed by atoms with Crippen LogP contribution in [0, 0.1) is 5.92 Å². The Hall–Kier alpha value is -3.73. The number of nitrogens with zero attached hydrogens (tertiary/aromatic N) is 1. The van der Waals surface area contributed by atoms with Crippen LogP contribution in [-0.2, 0) is 12.0 Å². The number of benzene rings is 3. The number of aromatic hydroxyl groups is 1. The Morgan fingerprint density at radius 2 is 1.77 bits per heavy atom. The number of phenols is 1. The molecule has 0 aliphatic heterocycles. The van der Waals surface area contributed by atoms with Gasteiger partial charge in [-0.1, -0.05) is 57.2 Å². The van der Waals surface area contributed by atoms with Gasteiger partial charge in [0.15, 0.2) is 0 Å². The molecule has 5 rings (SSSR count). The minimum absolute atomic E-state index is 0.00522. The van der Waals surface area contributed by atoms with Crippen molar-refractivity contribution < 1.29 is 19.7 Å². The second-order valence-corrected chi connectivity index (χ2v) is 10.5. The van der Waals surface area contributed by atoms with Gasteiger partial charge in [-0.2, -0.15) is 0 Å². The van der Waals surface area contributed by atoms with Gasteiger partial charge in [0.25, 0.3) is 0 Å². The Kier molecular flexibility index (Phi) is 5.79. The smallest absolute Gasteiger partial charge is 0.353 e. The summed E-state index contributed by atoms with van der Waals surface area (Å²) in [4.78, 5) is 12.7. The molecule has 1 aliphatic carbocycles. The van der Waals surface area contributed by atoms with Crippen LogP contribution < -0.4 is 4.74 Å². The highest BCUT2D eigenvalue weighted by Crippen LogP contribution is 2.39. The van der Waals surface area contributed by atoms with Gasteiger partial charge in [0.1, 0.15) is 17.2 Å². The Bertz CT molecular complexity index is 1390. The molecule has 1 fully saturated rings. The highest BCUT2D eigenvalue weighted by atomic mass is 16.5. The minimum atomic E-state index is -0.989. The van der Waals surface area contributed by atoms with Gasteiger partial charge in [0.2, 0.25) is 0 Å². The maximum atomic E-state index is 12.7. The van der Waals surface area contributed by atoms with Gasteiger partial charge >= 0.3 is 5.97 Å². The largest absolute Gasteiger partial charge is 0.508 e. The number of rotatable bonds is 7. The first-order chi connectivity index (χ1) is 16.7. The van der Waals surface area contributed by atoms with Crippen LogP contribution in [0.25, 0.3) is 22.0 Å². The molecule has 1 aliphatic rings. The number of phenolic OH excluding ortho intramolecular Hbond substituents is 1. The molecule has 0 bridgehead atoms. The number of carboxylic acids is 1. The lowest BCUT2D eigenvalue weighted by molar-refractivity contribution is 0.0687. The van der Waals surface area contributed by atoms with E-state index in [0.29, 0.717) is 24.6 Å². The Morgan fingerprint density at radius 1 is 1.03 bits per heavy atom. The number of hydrogen-bond donors (Lipinski definition) is 2. The van der Waals surface area contributed by atoms with Crippen LogP contribution in [0.4, 0.5) is 0 Å². The Morgan fingerprint density at radius 3 is 2.40 bits per heavy atom. The van der Waals surface area contributed by atoms with Crippen molar-refractivity contribution >= 4 is 16.9 Å². The zero-order valence-corrected chi connectivity index (χ0v) is 20.4. The molecule has 180 valence electrons. The van der Waals surface area contributed by atoms with Gasteiger partial charge in [-0.15, -0.1) is 0 Å². The Balaban J connectivity index is 1.68. The second-order valence-electron chi connectivity index (χ2n) is 10.5. The molecule has 2 N–H and O–H groups in total. The molecular formula is C30H31NO4. The van der Waals surface area contributed by atoms with E-state index in [-0.39, 0.29) is 16.9 Å². The predicted molar refractivity (Wildman–Crippen MR) is 138 cm³/mol. The summed E-state index contributed by atoms with van der Waals surface area (Å²) >= 11 is 0. The maximum absolute atomic E-state index is 12.7. The lowest BCUT2D eigenvalue weighted by Gasteiger charge is -2.19. The van der Waals surface area contributed by atoms with Crippen molar-refractivity contribution in [2.75, 3.05) is 6.61 Å². The summed E-state index contributed by atoms with van der Waals surface area (Å²) in [6.45, 7) is 7.49. The first-order valence-electron chi connectivity index (χ1n) is 12.1. The second kappa shape index (κ2) is 8.81. The first-order valence-corrected chi connectivity index (χ1v) is 12.1. The highest BCUT2D eigenvalue weighted by Gasteiger charge is 2.26. The van der Waals surface area contributed by atoms with Gasteiger partial charge in [-0.25, -0.2) is 4.79 Å². The monoisotopic (exact) mass is 469 g/mol. The van der Waals surface area contributed by atoms with Gasteiger partial charge in [0.05, 0.1) is 12.1 Å².